The Kier molecular flexibility index (Phi) is 4.04. The molecule has 23 heavy (non-hydrogen) atoms. The number of aliphatic hydroxyl groups is 1. The van der Waals surface area contributed by atoms with Crippen molar-refractivity contribution in [2.75, 3.05) is 0 Å². The average molecular weight is 310 g/mol. The first-order chi connectivity index (χ1) is 11.0. The summed E-state index contributed by atoms with van der Waals surface area (Å²) in [6.45, 7) is 16.2. The van der Waals surface area contributed by atoms with E-state index >= 15 is 0 Å². The topological polar surface area (TPSA) is 20.2 Å². The lowest BCUT2D eigenvalue weighted by Gasteiger charge is -2.51. The number of rotatable bonds is 6. The van der Waals surface area contributed by atoms with E-state index in [1.807, 2.05) is 12.2 Å². The second-order valence-corrected chi connectivity index (χ2v) is 7.83. The predicted octanol–water partition coefficient (Wildman–Crippen LogP) is 5.22. The third-order valence-electron chi connectivity index (χ3n) is 7.32. The van der Waals surface area contributed by atoms with E-state index in [4.69, 9.17) is 0 Å². The monoisotopic (exact) mass is 310 g/mol. The van der Waals surface area contributed by atoms with Crippen LogP contribution in [0.5, 0.6) is 0 Å². The van der Waals surface area contributed by atoms with Crippen molar-refractivity contribution < 1.29 is 5.11 Å². The fourth-order valence-corrected chi connectivity index (χ4v) is 6.45. The molecular weight excluding hydrogens is 280 g/mol. The third-order valence-corrected chi connectivity index (χ3v) is 7.32. The molecule has 0 aromatic heterocycles. The molecular formula is C22H30O. The molecule has 0 heterocycles. The molecule has 0 amide bonds. The first-order valence-electron chi connectivity index (χ1n) is 8.89. The van der Waals surface area contributed by atoms with Gasteiger partial charge in [0.25, 0.3) is 0 Å². The van der Waals surface area contributed by atoms with Gasteiger partial charge in [-0.05, 0) is 56.3 Å². The lowest BCUT2D eigenvalue weighted by molar-refractivity contribution is -0.144. The smallest absolute Gasteiger partial charge is 0.0811 e. The van der Waals surface area contributed by atoms with Gasteiger partial charge in [0.2, 0.25) is 0 Å². The molecule has 124 valence electrons. The Morgan fingerprint density at radius 3 is 2.17 bits per heavy atom. The van der Waals surface area contributed by atoms with E-state index in [9.17, 15) is 5.11 Å². The SMILES string of the molecule is C=CC[C@]12[C@H](CC3(CC=CC3)[C@]1(O)CC=C)[C@H](C=C)C[C@@H]2C=C. The standard InChI is InChI=1S/C22H30O/c1-5-11-21-18(8-4)15-17(7-3)19(21)16-20(13-9-10-14-20)22(21,23)12-6-2/h5-10,17-19,23H,1-4,11-16H2/t17-,18+,19-,21+,22-/m1/s1. The largest absolute Gasteiger partial charge is 0.388 e. The van der Waals surface area contributed by atoms with Crippen LogP contribution in [0.15, 0.2) is 62.8 Å². The van der Waals surface area contributed by atoms with Crippen molar-refractivity contribution in [1.29, 1.82) is 0 Å². The van der Waals surface area contributed by atoms with Crippen LogP contribution in [0.1, 0.15) is 38.5 Å². The molecule has 2 fully saturated rings. The zero-order valence-electron chi connectivity index (χ0n) is 14.2. The summed E-state index contributed by atoms with van der Waals surface area (Å²) in [6.07, 6.45) is 18.2. The maximum Gasteiger partial charge on any atom is 0.0811 e. The average Bonchev–Trinajstić information content (AvgIpc) is 3.18. The van der Waals surface area contributed by atoms with Gasteiger partial charge in [-0.1, -0.05) is 36.5 Å². The van der Waals surface area contributed by atoms with Crippen molar-refractivity contribution in [2.24, 2.45) is 28.6 Å². The minimum atomic E-state index is -0.749. The van der Waals surface area contributed by atoms with E-state index in [1.54, 1.807) is 0 Å². The molecule has 0 radical (unpaired) electrons. The van der Waals surface area contributed by atoms with E-state index in [0.717, 1.165) is 32.1 Å². The molecule has 0 aromatic rings. The van der Waals surface area contributed by atoms with E-state index < -0.39 is 5.60 Å². The highest BCUT2D eigenvalue weighted by molar-refractivity contribution is 5.31. The lowest BCUT2D eigenvalue weighted by Crippen LogP contribution is -2.55. The summed E-state index contributed by atoms with van der Waals surface area (Å²) in [5, 5.41) is 12.2. The fraction of sp³-hybridized carbons (Fsp3) is 0.545. The van der Waals surface area contributed by atoms with Gasteiger partial charge >= 0.3 is 0 Å². The predicted molar refractivity (Wildman–Crippen MR) is 97.9 cm³/mol. The molecule has 5 atom stereocenters. The second kappa shape index (κ2) is 5.63. The Hall–Kier alpha value is -1.34. The van der Waals surface area contributed by atoms with Crippen molar-refractivity contribution >= 4 is 0 Å². The summed E-state index contributed by atoms with van der Waals surface area (Å²) in [4.78, 5) is 0. The summed E-state index contributed by atoms with van der Waals surface area (Å²) in [5.41, 5.74) is -0.992. The second-order valence-electron chi connectivity index (χ2n) is 7.83. The molecule has 1 N–H and O–H groups in total. The highest BCUT2D eigenvalue weighted by atomic mass is 16.3. The van der Waals surface area contributed by atoms with E-state index in [0.29, 0.717) is 24.2 Å². The number of fused-ring (bicyclic) bond motifs is 1. The van der Waals surface area contributed by atoms with Gasteiger partial charge in [0.1, 0.15) is 0 Å². The molecule has 0 unspecified atom stereocenters. The Labute approximate surface area is 141 Å². The summed E-state index contributed by atoms with van der Waals surface area (Å²) in [7, 11) is 0. The van der Waals surface area contributed by atoms with E-state index in [-0.39, 0.29) is 10.8 Å². The van der Waals surface area contributed by atoms with Crippen molar-refractivity contribution in [1.82, 2.24) is 0 Å². The molecule has 1 nitrogen and oxygen atoms in total. The molecule has 0 aromatic carbocycles. The van der Waals surface area contributed by atoms with Gasteiger partial charge in [-0.15, -0.1) is 26.3 Å². The molecule has 1 spiro atoms. The minimum absolute atomic E-state index is 0.0577. The number of hydrogen-bond donors (Lipinski definition) is 1. The summed E-state index contributed by atoms with van der Waals surface area (Å²) in [5.74, 6) is 1.21. The van der Waals surface area contributed by atoms with Gasteiger partial charge in [0.05, 0.1) is 5.60 Å². The summed E-state index contributed by atoms with van der Waals surface area (Å²) >= 11 is 0. The van der Waals surface area contributed by atoms with Crippen LogP contribution in [0, 0.1) is 28.6 Å². The van der Waals surface area contributed by atoms with Crippen LogP contribution < -0.4 is 0 Å². The van der Waals surface area contributed by atoms with Gasteiger partial charge < -0.3 is 5.11 Å². The van der Waals surface area contributed by atoms with Crippen molar-refractivity contribution in [3.8, 4) is 0 Å². The lowest BCUT2D eigenvalue weighted by atomic mass is 9.56. The van der Waals surface area contributed by atoms with Gasteiger partial charge in [0.15, 0.2) is 0 Å². The third kappa shape index (κ3) is 1.83. The minimum Gasteiger partial charge on any atom is -0.388 e. The first-order valence-corrected chi connectivity index (χ1v) is 8.89. The Morgan fingerprint density at radius 2 is 1.65 bits per heavy atom. The molecule has 0 saturated heterocycles. The van der Waals surface area contributed by atoms with Gasteiger partial charge in [-0.3, -0.25) is 0 Å². The number of allylic oxidation sites excluding steroid dienone is 5. The number of hydrogen-bond acceptors (Lipinski definition) is 1. The van der Waals surface area contributed by atoms with Crippen LogP contribution >= 0.6 is 0 Å². The Balaban J connectivity index is 2.20. The Bertz CT molecular complexity index is 548. The summed E-state index contributed by atoms with van der Waals surface area (Å²) in [6, 6.07) is 0. The molecule has 3 rings (SSSR count). The Morgan fingerprint density at radius 1 is 1.00 bits per heavy atom. The molecule has 0 aliphatic heterocycles. The molecule has 3 aliphatic carbocycles. The fourth-order valence-electron chi connectivity index (χ4n) is 6.45. The van der Waals surface area contributed by atoms with E-state index in [1.165, 1.54) is 0 Å². The van der Waals surface area contributed by atoms with Crippen molar-refractivity contribution in [3.63, 3.8) is 0 Å². The first kappa shape index (κ1) is 16.5. The molecule has 3 aliphatic rings. The van der Waals surface area contributed by atoms with Crippen molar-refractivity contribution in [3.05, 3.63) is 62.8 Å². The molecule has 1 heteroatoms. The van der Waals surface area contributed by atoms with Crippen LogP contribution in [0.3, 0.4) is 0 Å². The van der Waals surface area contributed by atoms with Crippen LogP contribution in [0.2, 0.25) is 0 Å². The van der Waals surface area contributed by atoms with Gasteiger partial charge in [0, 0.05) is 10.8 Å². The highest BCUT2D eigenvalue weighted by Crippen LogP contribution is 2.75. The highest BCUT2D eigenvalue weighted by Gasteiger charge is 2.74. The molecule has 0 bridgehead atoms. The van der Waals surface area contributed by atoms with Crippen LogP contribution in [0.4, 0.5) is 0 Å². The summed E-state index contributed by atoms with van der Waals surface area (Å²) < 4.78 is 0. The maximum absolute atomic E-state index is 12.2. The zero-order chi connectivity index (χ0) is 16.7. The van der Waals surface area contributed by atoms with Crippen molar-refractivity contribution in [2.45, 2.75) is 44.1 Å². The zero-order valence-corrected chi connectivity index (χ0v) is 14.2. The van der Waals surface area contributed by atoms with Crippen LogP contribution in [-0.4, -0.2) is 10.7 Å². The van der Waals surface area contributed by atoms with E-state index in [2.05, 4.69) is 50.6 Å². The van der Waals surface area contributed by atoms with Crippen LogP contribution in [-0.2, 0) is 0 Å². The quantitative estimate of drug-likeness (QED) is 0.667. The molecule has 2 saturated carbocycles. The maximum atomic E-state index is 12.2. The van der Waals surface area contributed by atoms with Gasteiger partial charge in [-0.2, -0.15) is 0 Å². The van der Waals surface area contributed by atoms with Crippen LogP contribution in [0.25, 0.3) is 0 Å². The van der Waals surface area contributed by atoms with Gasteiger partial charge in [-0.25, -0.2) is 0 Å². The normalized spacial score (nSPS) is 43.4.